The molecule has 118 valence electrons. The van der Waals surface area contributed by atoms with Gasteiger partial charge >= 0.3 is 0 Å². The van der Waals surface area contributed by atoms with Crippen LogP contribution in [-0.2, 0) is 4.74 Å². The molecule has 0 amide bonds. The second kappa shape index (κ2) is 7.92. The highest BCUT2D eigenvalue weighted by Gasteiger charge is 2.26. The van der Waals surface area contributed by atoms with Crippen molar-refractivity contribution in [2.45, 2.75) is 51.1 Å². The molecule has 2 rings (SSSR count). The molecule has 1 aromatic rings. The van der Waals surface area contributed by atoms with Crippen molar-refractivity contribution in [1.82, 2.24) is 4.90 Å². The van der Waals surface area contributed by atoms with Crippen LogP contribution in [0.5, 0.6) is 0 Å². The summed E-state index contributed by atoms with van der Waals surface area (Å²) >= 11 is 0. The molecule has 1 saturated carbocycles. The Morgan fingerprint density at radius 2 is 2.14 bits per heavy atom. The molecule has 21 heavy (non-hydrogen) atoms. The summed E-state index contributed by atoms with van der Waals surface area (Å²) in [5, 5.41) is 0. The van der Waals surface area contributed by atoms with Crippen molar-refractivity contribution >= 4 is 0 Å². The molecule has 3 nitrogen and oxygen atoms in total. The van der Waals surface area contributed by atoms with Crippen LogP contribution in [0.3, 0.4) is 0 Å². The lowest BCUT2D eigenvalue weighted by Crippen LogP contribution is -2.41. The minimum absolute atomic E-state index is 0.286. The first-order chi connectivity index (χ1) is 10.2. The second-order valence-corrected chi connectivity index (χ2v) is 6.18. The van der Waals surface area contributed by atoms with Crippen LogP contribution in [0.2, 0.25) is 0 Å². The summed E-state index contributed by atoms with van der Waals surface area (Å²) in [7, 11) is 1.76. The Hall–Kier alpha value is -0.900. The van der Waals surface area contributed by atoms with E-state index >= 15 is 0 Å². The first-order valence-electron chi connectivity index (χ1n) is 8.25. The van der Waals surface area contributed by atoms with Crippen LogP contribution < -0.4 is 5.73 Å². The molecular formula is C18H30N2O. The van der Waals surface area contributed by atoms with Gasteiger partial charge in [0.2, 0.25) is 0 Å². The number of nitrogens with two attached hydrogens (primary N) is 1. The van der Waals surface area contributed by atoms with Crippen LogP contribution >= 0.6 is 0 Å². The summed E-state index contributed by atoms with van der Waals surface area (Å²) in [5.41, 5.74) is 8.98. The summed E-state index contributed by atoms with van der Waals surface area (Å²) in [6.07, 6.45) is 3.81. The van der Waals surface area contributed by atoms with Crippen molar-refractivity contribution < 1.29 is 4.74 Å². The molecular weight excluding hydrogens is 260 g/mol. The first kappa shape index (κ1) is 16.5. The monoisotopic (exact) mass is 290 g/mol. The molecule has 0 aliphatic heterocycles. The zero-order valence-corrected chi connectivity index (χ0v) is 13.7. The van der Waals surface area contributed by atoms with Gasteiger partial charge < -0.3 is 10.5 Å². The average molecular weight is 290 g/mol. The van der Waals surface area contributed by atoms with Gasteiger partial charge in [-0.05, 0) is 43.2 Å². The third-order valence-corrected chi connectivity index (χ3v) is 4.68. The number of ether oxygens (including phenoxy) is 1. The highest BCUT2D eigenvalue weighted by Crippen LogP contribution is 2.40. The van der Waals surface area contributed by atoms with Gasteiger partial charge in [-0.15, -0.1) is 0 Å². The van der Waals surface area contributed by atoms with E-state index in [0.717, 1.165) is 25.5 Å². The quantitative estimate of drug-likeness (QED) is 0.758. The lowest BCUT2D eigenvalue weighted by atomic mass is 9.99. The Kier molecular flexibility index (Phi) is 6.22. The summed E-state index contributed by atoms with van der Waals surface area (Å²) in [4.78, 5) is 2.50. The van der Waals surface area contributed by atoms with E-state index in [0.29, 0.717) is 12.6 Å². The summed E-state index contributed by atoms with van der Waals surface area (Å²) in [5.74, 6) is 0.791. The maximum absolute atomic E-state index is 6.13. The van der Waals surface area contributed by atoms with E-state index < -0.39 is 0 Å². The van der Waals surface area contributed by atoms with Crippen LogP contribution in [0.4, 0.5) is 0 Å². The van der Waals surface area contributed by atoms with Gasteiger partial charge in [0.05, 0.1) is 6.61 Å². The summed E-state index contributed by atoms with van der Waals surface area (Å²) < 4.78 is 5.29. The fourth-order valence-corrected chi connectivity index (χ4v) is 3.01. The number of methoxy groups -OCH3 is 1. The Labute approximate surface area is 129 Å². The van der Waals surface area contributed by atoms with E-state index in [1.165, 1.54) is 24.0 Å². The molecule has 2 atom stereocenters. The molecule has 1 aromatic carbocycles. The first-order valence-corrected chi connectivity index (χ1v) is 8.25. The maximum Gasteiger partial charge on any atom is 0.0590 e. The zero-order chi connectivity index (χ0) is 15.2. The van der Waals surface area contributed by atoms with E-state index in [4.69, 9.17) is 10.5 Å². The molecule has 0 radical (unpaired) electrons. The lowest BCUT2D eigenvalue weighted by Gasteiger charge is -2.36. The highest BCUT2D eigenvalue weighted by atomic mass is 16.5. The Balaban J connectivity index is 2.19. The van der Waals surface area contributed by atoms with E-state index in [9.17, 15) is 0 Å². The minimum Gasteiger partial charge on any atom is -0.383 e. The number of rotatable bonds is 9. The maximum atomic E-state index is 6.13. The Morgan fingerprint density at radius 3 is 2.71 bits per heavy atom. The van der Waals surface area contributed by atoms with E-state index in [1.807, 2.05) is 0 Å². The van der Waals surface area contributed by atoms with Crippen molar-refractivity contribution in [3.8, 4) is 0 Å². The third kappa shape index (κ3) is 4.29. The van der Waals surface area contributed by atoms with Crippen molar-refractivity contribution in [3.05, 3.63) is 35.4 Å². The molecule has 3 heteroatoms. The molecule has 0 heterocycles. The Bertz CT molecular complexity index is 431. The SMILES string of the molecule is CCC(C)N(CCOC)C(CN)c1cccc(C2CC2)c1. The molecule has 2 N–H and O–H groups in total. The smallest absolute Gasteiger partial charge is 0.0590 e. The van der Waals surface area contributed by atoms with E-state index in [1.54, 1.807) is 7.11 Å². The van der Waals surface area contributed by atoms with Crippen molar-refractivity contribution in [1.29, 1.82) is 0 Å². The molecule has 2 unspecified atom stereocenters. The predicted molar refractivity (Wildman–Crippen MR) is 88.5 cm³/mol. The molecule has 0 aromatic heterocycles. The zero-order valence-electron chi connectivity index (χ0n) is 13.7. The van der Waals surface area contributed by atoms with Gasteiger partial charge in [0.25, 0.3) is 0 Å². The van der Waals surface area contributed by atoms with Gasteiger partial charge in [0, 0.05) is 32.3 Å². The van der Waals surface area contributed by atoms with Crippen LogP contribution in [0, 0.1) is 0 Å². The summed E-state index contributed by atoms with van der Waals surface area (Å²) in [6, 6.07) is 9.85. The van der Waals surface area contributed by atoms with E-state index in [-0.39, 0.29) is 6.04 Å². The normalized spacial score (nSPS) is 18.0. The largest absolute Gasteiger partial charge is 0.383 e. The average Bonchev–Trinajstić information content (AvgIpc) is 3.35. The van der Waals surface area contributed by atoms with Crippen LogP contribution in [0.25, 0.3) is 0 Å². The van der Waals surface area contributed by atoms with Gasteiger partial charge in [-0.3, -0.25) is 4.90 Å². The lowest BCUT2D eigenvalue weighted by molar-refractivity contribution is 0.0902. The molecule has 1 aliphatic carbocycles. The van der Waals surface area contributed by atoms with Gasteiger partial charge in [-0.2, -0.15) is 0 Å². The molecule has 0 saturated heterocycles. The Morgan fingerprint density at radius 1 is 1.38 bits per heavy atom. The fraction of sp³-hybridized carbons (Fsp3) is 0.667. The predicted octanol–water partition coefficient (Wildman–Crippen LogP) is 3.31. The number of hydrogen-bond acceptors (Lipinski definition) is 3. The van der Waals surface area contributed by atoms with Gasteiger partial charge in [-0.25, -0.2) is 0 Å². The molecule has 0 bridgehead atoms. The number of nitrogens with zero attached hydrogens (tertiary/aromatic N) is 1. The number of hydrogen-bond donors (Lipinski definition) is 1. The van der Waals surface area contributed by atoms with Crippen molar-refractivity contribution in [2.75, 3.05) is 26.8 Å². The van der Waals surface area contributed by atoms with Gasteiger partial charge in [-0.1, -0.05) is 31.2 Å². The summed E-state index contributed by atoms with van der Waals surface area (Å²) in [6.45, 7) is 6.86. The van der Waals surface area contributed by atoms with Crippen molar-refractivity contribution in [2.24, 2.45) is 5.73 Å². The van der Waals surface area contributed by atoms with Gasteiger partial charge in [0.1, 0.15) is 0 Å². The van der Waals surface area contributed by atoms with Gasteiger partial charge in [0.15, 0.2) is 0 Å². The van der Waals surface area contributed by atoms with E-state index in [2.05, 4.69) is 43.0 Å². The van der Waals surface area contributed by atoms with Crippen molar-refractivity contribution in [3.63, 3.8) is 0 Å². The van der Waals surface area contributed by atoms with Crippen LogP contribution in [0.15, 0.2) is 24.3 Å². The van der Waals surface area contributed by atoms with Crippen LogP contribution in [0.1, 0.15) is 56.2 Å². The standard InChI is InChI=1S/C18H30N2O/c1-4-14(2)20(10-11-21-3)18(13-19)17-7-5-6-16(12-17)15-8-9-15/h5-7,12,14-15,18H,4,8-11,13,19H2,1-3H3. The molecule has 1 aliphatic rings. The fourth-order valence-electron chi connectivity index (χ4n) is 3.01. The highest BCUT2D eigenvalue weighted by molar-refractivity contribution is 5.31. The number of benzene rings is 1. The topological polar surface area (TPSA) is 38.5 Å². The minimum atomic E-state index is 0.286. The van der Waals surface area contributed by atoms with Crippen LogP contribution in [-0.4, -0.2) is 37.7 Å². The molecule has 1 fully saturated rings. The third-order valence-electron chi connectivity index (χ3n) is 4.68. The molecule has 0 spiro atoms. The second-order valence-electron chi connectivity index (χ2n) is 6.18.